The lowest BCUT2D eigenvalue weighted by molar-refractivity contribution is -0.383. The number of nitro groups is 1. The van der Waals surface area contributed by atoms with Gasteiger partial charge in [0.1, 0.15) is 5.69 Å². The Labute approximate surface area is 124 Å². The van der Waals surface area contributed by atoms with Gasteiger partial charge in [-0.3, -0.25) is 14.9 Å². The van der Waals surface area contributed by atoms with Crippen LogP contribution in [0.5, 0.6) is 0 Å². The lowest BCUT2D eigenvalue weighted by Crippen LogP contribution is -2.15. The Morgan fingerprint density at radius 3 is 2.76 bits per heavy atom. The fourth-order valence-electron chi connectivity index (χ4n) is 1.54. The molecule has 8 heteroatoms. The molecule has 0 saturated heterocycles. The molecule has 0 spiro atoms. The summed E-state index contributed by atoms with van der Waals surface area (Å²) in [7, 11) is 0. The summed E-state index contributed by atoms with van der Waals surface area (Å²) < 4.78 is 0. The molecule has 0 saturated carbocycles. The van der Waals surface area contributed by atoms with E-state index in [9.17, 15) is 14.9 Å². The van der Waals surface area contributed by atoms with Crippen molar-refractivity contribution in [3.63, 3.8) is 0 Å². The summed E-state index contributed by atoms with van der Waals surface area (Å²) in [6, 6.07) is 9.39. The molecule has 7 nitrogen and oxygen atoms in total. The number of nitro benzene ring substituents is 1. The first kappa shape index (κ1) is 14.8. The SMILES string of the molecule is Nc1ccc(SCC(=O)Nc2ccccc2[N+](=O)[O-])nc1. The number of aromatic nitrogens is 1. The largest absolute Gasteiger partial charge is 0.397 e. The number of nitrogen functional groups attached to an aromatic ring is 1. The zero-order valence-corrected chi connectivity index (χ0v) is 11.7. The van der Waals surface area contributed by atoms with Crippen LogP contribution in [0, 0.1) is 10.1 Å². The molecule has 1 aromatic carbocycles. The molecule has 0 fully saturated rings. The number of thioether (sulfide) groups is 1. The molecule has 2 aromatic rings. The molecule has 21 heavy (non-hydrogen) atoms. The van der Waals surface area contributed by atoms with Gasteiger partial charge in [0.15, 0.2) is 0 Å². The minimum atomic E-state index is -0.537. The van der Waals surface area contributed by atoms with E-state index in [4.69, 9.17) is 5.73 Å². The quantitative estimate of drug-likeness (QED) is 0.498. The van der Waals surface area contributed by atoms with Crippen LogP contribution >= 0.6 is 11.8 Å². The second kappa shape index (κ2) is 6.71. The van der Waals surface area contributed by atoms with Crippen LogP contribution in [-0.4, -0.2) is 21.6 Å². The van der Waals surface area contributed by atoms with Crippen molar-refractivity contribution in [2.75, 3.05) is 16.8 Å². The number of nitrogens with two attached hydrogens (primary N) is 1. The molecule has 0 aliphatic rings. The molecule has 1 aromatic heterocycles. The van der Waals surface area contributed by atoms with Gasteiger partial charge in [-0.05, 0) is 18.2 Å². The highest BCUT2D eigenvalue weighted by Gasteiger charge is 2.14. The third kappa shape index (κ3) is 4.18. The average Bonchev–Trinajstić information content (AvgIpc) is 2.47. The number of hydrogen-bond donors (Lipinski definition) is 2. The number of anilines is 2. The number of carbonyl (C=O) groups excluding carboxylic acids is 1. The van der Waals surface area contributed by atoms with Crippen molar-refractivity contribution in [1.82, 2.24) is 4.98 Å². The Kier molecular flexibility index (Phi) is 4.72. The molecular formula is C13H12N4O3S. The van der Waals surface area contributed by atoms with Crippen molar-refractivity contribution in [2.24, 2.45) is 0 Å². The maximum atomic E-state index is 11.8. The number of hydrogen-bond acceptors (Lipinski definition) is 6. The molecule has 0 aliphatic carbocycles. The highest BCUT2D eigenvalue weighted by atomic mass is 32.2. The van der Waals surface area contributed by atoms with Gasteiger partial charge in [-0.1, -0.05) is 23.9 Å². The van der Waals surface area contributed by atoms with Gasteiger partial charge in [-0.2, -0.15) is 0 Å². The highest BCUT2D eigenvalue weighted by Crippen LogP contribution is 2.24. The molecule has 1 heterocycles. The fourth-order valence-corrected chi connectivity index (χ4v) is 2.18. The van der Waals surface area contributed by atoms with Gasteiger partial charge < -0.3 is 11.1 Å². The molecule has 3 N–H and O–H groups in total. The van der Waals surface area contributed by atoms with Crippen LogP contribution in [0.25, 0.3) is 0 Å². The second-order valence-corrected chi connectivity index (χ2v) is 5.04. The molecule has 108 valence electrons. The van der Waals surface area contributed by atoms with Crippen LogP contribution in [0.1, 0.15) is 0 Å². The Morgan fingerprint density at radius 2 is 2.10 bits per heavy atom. The van der Waals surface area contributed by atoms with E-state index in [0.717, 1.165) is 0 Å². The third-order valence-electron chi connectivity index (χ3n) is 2.49. The molecular weight excluding hydrogens is 292 g/mol. The van der Waals surface area contributed by atoms with Gasteiger partial charge >= 0.3 is 0 Å². The number of nitrogens with one attached hydrogen (secondary N) is 1. The topological polar surface area (TPSA) is 111 Å². The number of nitrogens with zero attached hydrogens (tertiary/aromatic N) is 2. The summed E-state index contributed by atoms with van der Waals surface area (Å²) in [5.41, 5.74) is 6.10. The number of carbonyl (C=O) groups is 1. The van der Waals surface area contributed by atoms with Crippen LogP contribution in [0.2, 0.25) is 0 Å². The van der Waals surface area contributed by atoms with Crippen LogP contribution in [0.3, 0.4) is 0 Å². The van der Waals surface area contributed by atoms with Crippen molar-refractivity contribution in [3.05, 3.63) is 52.7 Å². The predicted molar refractivity (Wildman–Crippen MR) is 81.1 cm³/mol. The van der Waals surface area contributed by atoms with Crippen molar-refractivity contribution >= 4 is 34.7 Å². The normalized spacial score (nSPS) is 10.1. The van der Waals surface area contributed by atoms with E-state index in [1.807, 2.05) is 0 Å². The zero-order valence-electron chi connectivity index (χ0n) is 10.9. The Balaban J connectivity index is 1.96. The van der Waals surface area contributed by atoms with Gasteiger partial charge in [-0.15, -0.1) is 0 Å². The Morgan fingerprint density at radius 1 is 1.33 bits per heavy atom. The first-order valence-corrected chi connectivity index (χ1v) is 6.92. The molecule has 0 bridgehead atoms. The Bertz CT molecular complexity index is 661. The van der Waals surface area contributed by atoms with E-state index in [0.29, 0.717) is 10.7 Å². The number of pyridine rings is 1. The first-order valence-electron chi connectivity index (χ1n) is 5.94. The van der Waals surface area contributed by atoms with Gasteiger partial charge in [0, 0.05) is 6.07 Å². The maximum absolute atomic E-state index is 11.8. The van der Waals surface area contributed by atoms with E-state index >= 15 is 0 Å². The van der Waals surface area contributed by atoms with E-state index in [1.165, 1.54) is 30.1 Å². The second-order valence-electron chi connectivity index (χ2n) is 4.04. The van der Waals surface area contributed by atoms with Crippen molar-refractivity contribution in [1.29, 1.82) is 0 Å². The lowest BCUT2D eigenvalue weighted by atomic mass is 10.2. The number of benzene rings is 1. The number of rotatable bonds is 5. The highest BCUT2D eigenvalue weighted by molar-refractivity contribution is 7.99. The number of para-hydroxylation sites is 2. The summed E-state index contributed by atoms with van der Waals surface area (Å²) in [6.45, 7) is 0. The van der Waals surface area contributed by atoms with Crippen molar-refractivity contribution in [3.8, 4) is 0 Å². The fraction of sp³-hybridized carbons (Fsp3) is 0.0769. The van der Waals surface area contributed by atoms with Crippen LogP contribution in [-0.2, 0) is 4.79 Å². The summed E-state index contributed by atoms with van der Waals surface area (Å²) >= 11 is 1.22. The summed E-state index contributed by atoms with van der Waals surface area (Å²) in [6.07, 6.45) is 1.50. The summed E-state index contributed by atoms with van der Waals surface area (Å²) in [5.74, 6) is -0.240. The third-order valence-corrected chi connectivity index (χ3v) is 3.43. The van der Waals surface area contributed by atoms with Crippen LogP contribution in [0.15, 0.2) is 47.6 Å². The van der Waals surface area contributed by atoms with E-state index in [2.05, 4.69) is 10.3 Å². The number of amides is 1. The van der Waals surface area contributed by atoms with Crippen LogP contribution in [0.4, 0.5) is 17.1 Å². The van der Waals surface area contributed by atoms with E-state index < -0.39 is 4.92 Å². The van der Waals surface area contributed by atoms with Gasteiger partial charge in [0.25, 0.3) is 5.69 Å². The predicted octanol–water partition coefficient (Wildman–Crippen LogP) is 2.30. The monoisotopic (exact) mass is 304 g/mol. The molecule has 0 radical (unpaired) electrons. The lowest BCUT2D eigenvalue weighted by Gasteiger charge is -2.05. The summed E-state index contributed by atoms with van der Waals surface area (Å²) in [4.78, 5) is 26.2. The van der Waals surface area contributed by atoms with Crippen molar-refractivity contribution < 1.29 is 9.72 Å². The average molecular weight is 304 g/mol. The minimum Gasteiger partial charge on any atom is -0.397 e. The van der Waals surface area contributed by atoms with Gasteiger partial charge in [0.2, 0.25) is 5.91 Å². The smallest absolute Gasteiger partial charge is 0.292 e. The Hall–Kier alpha value is -2.61. The van der Waals surface area contributed by atoms with E-state index in [1.54, 1.807) is 24.3 Å². The van der Waals surface area contributed by atoms with Crippen LogP contribution < -0.4 is 11.1 Å². The van der Waals surface area contributed by atoms with Gasteiger partial charge in [0.05, 0.1) is 27.6 Å². The summed E-state index contributed by atoms with van der Waals surface area (Å²) in [5, 5.41) is 14.0. The standard InChI is InChI=1S/C13H12N4O3S/c14-9-5-6-13(15-7-9)21-8-12(18)16-10-3-1-2-4-11(10)17(19)20/h1-7H,8,14H2,(H,16,18). The molecule has 0 atom stereocenters. The molecule has 2 rings (SSSR count). The maximum Gasteiger partial charge on any atom is 0.292 e. The molecule has 0 unspecified atom stereocenters. The van der Waals surface area contributed by atoms with E-state index in [-0.39, 0.29) is 23.0 Å². The first-order chi connectivity index (χ1) is 10.1. The molecule has 0 aliphatic heterocycles. The van der Waals surface area contributed by atoms with Crippen molar-refractivity contribution in [2.45, 2.75) is 5.03 Å². The van der Waals surface area contributed by atoms with Gasteiger partial charge in [-0.25, -0.2) is 4.98 Å². The zero-order chi connectivity index (χ0) is 15.2. The minimum absolute atomic E-state index is 0.100. The molecule has 1 amide bonds.